The summed E-state index contributed by atoms with van der Waals surface area (Å²) in [6.07, 6.45) is 1.51. The summed E-state index contributed by atoms with van der Waals surface area (Å²) < 4.78 is 53.8. The molecular weight excluding hydrogens is 557 g/mol. The van der Waals surface area contributed by atoms with Gasteiger partial charge in [0.05, 0.1) is 27.5 Å². The molecule has 0 atom stereocenters. The molecule has 12 heteroatoms. The third-order valence-electron chi connectivity index (χ3n) is 5.42. The highest BCUT2D eigenvalue weighted by atomic mass is 35.5. The number of carbonyl (C=O) groups excluding carboxylic acids is 1. The minimum Gasteiger partial charge on any atom is -0.326 e. The van der Waals surface area contributed by atoms with Crippen molar-refractivity contribution in [3.05, 3.63) is 81.8 Å². The first-order valence-corrected chi connectivity index (χ1v) is 15.3. The molecule has 0 unspecified atom stereocenters. The summed E-state index contributed by atoms with van der Waals surface area (Å²) in [7, 11) is -7.45. The zero-order valence-electron chi connectivity index (χ0n) is 20.5. The van der Waals surface area contributed by atoms with Gasteiger partial charge >= 0.3 is 0 Å². The summed E-state index contributed by atoms with van der Waals surface area (Å²) in [6.45, 7) is 3.87. The fraction of sp³-hybridized carbons (Fsp3) is 0.240. The predicted octanol–water partition coefficient (Wildman–Crippen LogP) is 5.60. The Morgan fingerprint density at radius 2 is 1.59 bits per heavy atom. The van der Waals surface area contributed by atoms with Crippen LogP contribution in [0.1, 0.15) is 24.0 Å². The van der Waals surface area contributed by atoms with Gasteiger partial charge in [-0.25, -0.2) is 16.8 Å². The number of halogens is 2. The standard InChI is InChI=1S/C25H27Cl2N3O5S2/c1-17-6-7-18(2)24(15-17)30(36(3,32)33)14-4-5-25(31)28-20-9-11-21(12-10-20)37(34,35)29-23-13-8-19(26)16-22(23)27/h6-13,15-16,29H,4-5,14H2,1-3H3,(H,28,31). The summed E-state index contributed by atoms with van der Waals surface area (Å²) in [4.78, 5) is 12.4. The van der Waals surface area contributed by atoms with Crippen LogP contribution in [0.2, 0.25) is 10.0 Å². The molecule has 3 aromatic carbocycles. The Kier molecular flexibility index (Phi) is 9.12. The molecule has 37 heavy (non-hydrogen) atoms. The number of aryl methyl sites for hydroxylation is 2. The van der Waals surface area contributed by atoms with E-state index in [2.05, 4.69) is 10.0 Å². The Balaban J connectivity index is 1.60. The zero-order chi connectivity index (χ0) is 27.4. The second-order valence-corrected chi connectivity index (χ2v) is 13.0. The lowest BCUT2D eigenvalue weighted by atomic mass is 10.1. The summed E-state index contributed by atoms with van der Waals surface area (Å²) in [5.41, 5.74) is 2.94. The monoisotopic (exact) mass is 583 g/mol. The lowest BCUT2D eigenvalue weighted by Crippen LogP contribution is -2.32. The van der Waals surface area contributed by atoms with Crippen molar-refractivity contribution < 1.29 is 21.6 Å². The summed E-state index contributed by atoms with van der Waals surface area (Å²) in [5, 5.41) is 3.24. The first-order valence-electron chi connectivity index (χ1n) is 11.2. The topological polar surface area (TPSA) is 113 Å². The van der Waals surface area contributed by atoms with Gasteiger partial charge in [-0.1, -0.05) is 35.3 Å². The number of carbonyl (C=O) groups is 1. The molecule has 0 saturated carbocycles. The van der Waals surface area contributed by atoms with E-state index in [1.54, 1.807) is 0 Å². The molecule has 0 spiro atoms. The number of hydrogen-bond donors (Lipinski definition) is 2. The molecule has 0 aliphatic heterocycles. The molecule has 3 rings (SSSR count). The van der Waals surface area contributed by atoms with Crippen LogP contribution in [0.5, 0.6) is 0 Å². The average Bonchev–Trinajstić information content (AvgIpc) is 2.80. The predicted molar refractivity (Wildman–Crippen MR) is 150 cm³/mol. The molecule has 1 amide bonds. The zero-order valence-corrected chi connectivity index (χ0v) is 23.6. The SMILES string of the molecule is Cc1ccc(C)c(N(CCCC(=O)Nc2ccc(S(=O)(=O)Nc3ccc(Cl)cc3Cl)cc2)S(C)(=O)=O)c1. The van der Waals surface area contributed by atoms with E-state index in [9.17, 15) is 21.6 Å². The van der Waals surface area contributed by atoms with Crippen molar-refractivity contribution in [2.24, 2.45) is 0 Å². The maximum Gasteiger partial charge on any atom is 0.261 e. The Hall–Kier alpha value is -2.79. The van der Waals surface area contributed by atoms with Crippen molar-refractivity contribution in [2.45, 2.75) is 31.6 Å². The normalized spacial score (nSPS) is 11.7. The highest BCUT2D eigenvalue weighted by Gasteiger charge is 2.20. The van der Waals surface area contributed by atoms with Crippen LogP contribution in [-0.2, 0) is 24.8 Å². The van der Waals surface area contributed by atoms with Crippen LogP contribution in [0.25, 0.3) is 0 Å². The Morgan fingerprint density at radius 3 is 2.22 bits per heavy atom. The van der Waals surface area contributed by atoms with Crippen LogP contribution in [0, 0.1) is 13.8 Å². The van der Waals surface area contributed by atoms with Gasteiger partial charge in [-0.3, -0.25) is 13.8 Å². The van der Waals surface area contributed by atoms with Gasteiger partial charge in [0.15, 0.2) is 0 Å². The van der Waals surface area contributed by atoms with E-state index in [-0.39, 0.29) is 34.5 Å². The average molecular weight is 585 g/mol. The molecule has 8 nitrogen and oxygen atoms in total. The third kappa shape index (κ3) is 7.85. The fourth-order valence-electron chi connectivity index (χ4n) is 3.55. The van der Waals surface area contributed by atoms with E-state index in [1.807, 2.05) is 32.0 Å². The van der Waals surface area contributed by atoms with Crippen molar-refractivity contribution in [1.29, 1.82) is 0 Å². The number of rotatable bonds is 10. The number of amides is 1. The Morgan fingerprint density at radius 1 is 0.919 bits per heavy atom. The van der Waals surface area contributed by atoms with Crippen molar-refractivity contribution in [2.75, 3.05) is 27.1 Å². The van der Waals surface area contributed by atoms with E-state index in [4.69, 9.17) is 23.2 Å². The van der Waals surface area contributed by atoms with Gasteiger partial charge < -0.3 is 5.32 Å². The van der Waals surface area contributed by atoms with E-state index in [1.165, 1.54) is 46.8 Å². The lowest BCUT2D eigenvalue weighted by Gasteiger charge is -2.24. The van der Waals surface area contributed by atoms with Crippen molar-refractivity contribution in [1.82, 2.24) is 0 Å². The van der Waals surface area contributed by atoms with Crippen molar-refractivity contribution >= 4 is 66.2 Å². The number of nitrogens with one attached hydrogen (secondary N) is 2. The smallest absolute Gasteiger partial charge is 0.261 e. The van der Waals surface area contributed by atoms with Gasteiger partial charge in [0.1, 0.15) is 0 Å². The lowest BCUT2D eigenvalue weighted by molar-refractivity contribution is -0.116. The van der Waals surface area contributed by atoms with Crippen molar-refractivity contribution in [3.63, 3.8) is 0 Å². The first kappa shape index (κ1) is 28.8. The molecule has 0 aliphatic carbocycles. The van der Waals surface area contributed by atoms with E-state index in [0.29, 0.717) is 22.8 Å². The van der Waals surface area contributed by atoms with E-state index in [0.717, 1.165) is 17.4 Å². The number of benzene rings is 3. The molecular formula is C25H27Cl2N3O5S2. The summed E-state index contributed by atoms with van der Waals surface area (Å²) in [6, 6.07) is 15.6. The summed E-state index contributed by atoms with van der Waals surface area (Å²) >= 11 is 11.9. The van der Waals surface area contributed by atoms with Gasteiger partial charge in [0.25, 0.3) is 10.0 Å². The van der Waals surface area contributed by atoms with Gasteiger partial charge in [-0.2, -0.15) is 0 Å². The number of sulfonamides is 2. The highest BCUT2D eigenvalue weighted by molar-refractivity contribution is 7.92. The van der Waals surface area contributed by atoms with Crippen LogP contribution < -0.4 is 14.3 Å². The molecule has 0 radical (unpaired) electrons. The van der Waals surface area contributed by atoms with Gasteiger partial charge in [0.2, 0.25) is 15.9 Å². The number of anilines is 3. The van der Waals surface area contributed by atoms with Crippen LogP contribution >= 0.6 is 23.2 Å². The maximum atomic E-state index is 12.7. The van der Waals surface area contributed by atoms with Crippen molar-refractivity contribution in [3.8, 4) is 0 Å². The Labute approximate surface area is 227 Å². The number of hydrogen-bond acceptors (Lipinski definition) is 5. The number of nitrogens with zero attached hydrogens (tertiary/aromatic N) is 1. The molecule has 3 aromatic rings. The molecule has 0 bridgehead atoms. The largest absolute Gasteiger partial charge is 0.326 e. The Bertz CT molecular complexity index is 1510. The quantitative estimate of drug-likeness (QED) is 0.322. The van der Waals surface area contributed by atoms with Gasteiger partial charge in [-0.15, -0.1) is 0 Å². The molecule has 0 aliphatic rings. The maximum absolute atomic E-state index is 12.7. The van der Waals surface area contributed by atoms with Gasteiger partial charge in [0, 0.05) is 23.7 Å². The van der Waals surface area contributed by atoms with Crippen LogP contribution in [0.15, 0.2) is 65.6 Å². The minimum atomic E-state index is -3.92. The molecule has 0 saturated heterocycles. The minimum absolute atomic E-state index is 0.0196. The van der Waals surface area contributed by atoms with Crippen LogP contribution in [-0.4, -0.2) is 35.5 Å². The van der Waals surface area contributed by atoms with Crippen LogP contribution in [0.4, 0.5) is 17.1 Å². The molecule has 0 aromatic heterocycles. The second kappa shape index (κ2) is 11.7. The summed E-state index contributed by atoms with van der Waals surface area (Å²) in [5.74, 6) is -0.323. The molecule has 0 heterocycles. The van der Waals surface area contributed by atoms with Gasteiger partial charge in [-0.05, 0) is 79.9 Å². The molecule has 2 N–H and O–H groups in total. The first-order chi connectivity index (χ1) is 17.3. The fourth-order valence-corrected chi connectivity index (χ4v) is 6.16. The molecule has 198 valence electrons. The third-order valence-corrected chi connectivity index (χ3v) is 8.53. The van der Waals surface area contributed by atoms with Crippen LogP contribution in [0.3, 0.4) is 0 Å². The van der Waals surface area contributed by atoms with E-state index >= 15 is 0 Å². The molecule has 0 fully saturated rings. The highest BCUT2D eigenvalue weighted by Crippen LogP contribution is 2.28. The second-order valence-electron chi connectivity index (χ2n) is 8.53. The van der Waals surface area contributed by atoms with E-state index < -0.39 is 20.0 Å².